The number of aromatic nitrogens is 2. The Hall–Kier alpha value is -2.43. The van der Waals surface area contributed by atoms with Crippen LogP contribution in [0, 0.1) is 5.82 Å². The van der Waals surface area contributed by atoms with E-state index in [-0.39, 0.29) is 42.2 Å². The highest BCUT2D eigenvalue weighted by atomic mass is 127. The van der Waals surface area contributed by atoms with Crippen LogP contribution in [0.3, 0.4) is 0 Å². The van der Waals surface area contributed by atoms with Crippen molar-refractivity contribution in [2.45, 2.75) is 13.5 Å². The number of amides is 1. The van der Waals surface area contributed by atoms with E-state index in [0.29, 0.717) is 19.0 Å². The van der Waals surface area contributed by atoms with Gasteiger partial charge in [-0.2, -0.15) is 5.10 Å². The zero-order valence-corrected chi connectivity index (χ0v) is 18.6. The fraction of sp³-hybridized carbons (Fsp3) is 0.316. The molecule has 0 atom stereocenters. The number of guanidine groups is 1. The summed E-state index contributed by atoms with van der Waals surface area (Å²) in [5, 5.41) is 10.6. The number of carbonyl (C=O) groups excluding carboxylic acids is 1. The Balaban J connectivity index is 0.00000392. The molecule has 0 unspecified atom stereocenters. The fourth-order valence-corrected chi connectivity index (χ4v) is 2.07. The molecule has 9 heteroatoms. The number of halogens is 2. The third-order valence-electron chi connectivity index (χ3n) is 3.60. The molecular formula is C19H26FIN6O. The molecule has 0 spiro atoms. The summed E-state index contributed by atoms with van der Waals surface area (Å²) in [6.45, 7) is 6.77. The van der Waals surface area contributed by atoms with Crippen LogP contribution < -0.4 is 10.6 Å². The number of hydrogen-bond acceptors (Lipinski definition) is 3. The molecule has 0 saturated carbocycles. The minimum Gasteiger partial charge on any atom is -0.353 e. The van der Waals surface area contributed by atoms with Crippen molar-refractivity contribution in [1.82, 2.24) is 25.3 Å². The number of aliphatic imine (C=N–C) groups is 1. The molecule has 2 aromatic rings. The Bertz CT molecular complexity index is 816. The predicted octanol–water partition coefficient (Wildman–Crippen LogP) is 2.33. The number of likely N-dealkylation sites (N-methyl/N-ethyl adjacent to an activating group) is 1. The third-order valence-corrected chi connectivity index (χ3v) is 3.60. The maximum absolute atomic E-state index is 13.0. The van der Waals surface area contributed by atoms with Gasteiger partial charge in [-0.05, 0) is 37.3 Å². The van der Waals surface area contributed by atoms with E-state index >= 15 is 0 Å². The molecule has 28 heavy (non-hydrogen) atoms. The zero-order valence-electron chi connectivity index (χ0n) is 16.3. The van der Waals surface area contributed by atoms with E-state index in [1.165, 1.54) is 17.0 Å². The van der Waals surface area contributed by atoms with E-state index in [4.69, 9.17) is 0 Å². The molecule has 0 aliphatic heterocycles. The van der Waals surface area contributed by atoms with E-state index in [0.717, 1.165) is 17.0 Å². The third kappa shape index (κ3) is 7.67. The van der Waals surface area contributed by atoms with Gasteiger partial charge in [-0.1, -0.05) is 12.2 Å². The molecule has 1 amide bonds. The highest BCUT2D eigenvalue weighted by Gasteiger charge is 2.07. The lowest BCUT2D eigenvalue weighted by molar-refractivity contribution is -0.127. The smallest absolute Gasteiger partial charge is 0.241 e. The summed E-state index contributed by atoms with van der Waals surface area (Å²) < 4.78 is 14.7. The second kappa shape index (κ2) is 11.4. The standard InChI is InChI=1S/C19H25FN6O.HI/c1-14(2)11-21-19(23-13-18(27)25(3)4)22-12-16-9-10-26(24-16)17-7-5-15(20)6-8-17;/h5-10H,1,11-13H2,2-4H3,(H2,21,22,23);1H. The van der Waals surface area contributed by atoms with Crippen LogP contribution in [0.2, 0.25) is 0 Å². The van der Waals surface area contributed by atoms with Gasteiger partial charge in [0.2, 0.25) is 5.91 Å². The topological polar surface area (TPSA) is 74.5 Å². The summed E-state index contributed by atoms with van der Waals surface area (Å²) in [6, 6.07) is 7.93. The van der Waals surface area contributed by atoms with Crippen LogP contribution in [0.1, 0.15) is 12.6 Å². The molecule has 2 N–H and O–H groups in total. The van der Waals surface area contributed by atoms with E-state index < -0.39 is 0 Å². The molecule has 2 rings (SSSR count). The quantitative estimate of drug-likeness (QED) is 0.265. The molecule has 0 aliphatic carbocycles. The average Bonchev–Trinajstić information content (AvgIpc) is 3.10. The summed E-state index contributed by atoms with van der Waals surface area (Å²) >= 11 is 0. The Morgan fingerprint density at radius 2 is 1.86 bits per heavy atom. The Kier molecular flexibility index (Phi) is 9.63. The van der Waals surface area contributed by atoms with Gasteiger partial charge in [0, 0.05) is 26.8 Å². The van der Waals surface area contributed by atoms with Crippen molar-refractivity contribution in [3.8, 4) is 5.69 Å². The molecule has 0 fully saturated rings. The van der Waals surface area contributed by atoms with Gasteiger partial charge >= 0.3 is 0 Å². The molecule has 152 valence electrons. The lowest BCUT2D eigenvalue weighted by Crippen LogP contribution is -2.43. The van der Waals surface area contributed by atoms with Crippen molar-refractivity contribution in [1.29, 1.82) is 0 Å². The first-order chi connectivity index (χ1) is 12.8. The Labute approximate surface area is 181 Å². The fourth-order valence-electron chi connectivity index (χ4n) is 2.07. The number of nitrogens with zero attached hydrogens (tertiary/aromatic N) is 4. The summed E-state index contributed by atoms with van der Waals surface area (Å²) in [5.41, 5.74) is 2.46. The summed E-state index contributed by atoms with van der Waals surface area (Å²) in [7, 11) is 3.40. The van der Waals surface area contributed by atoms with E-state index in [9.17, 15) is 9.18 Å². The molecular weight excluding hydrogens is 474 g/mol. The molecule has 1 heterocycles. The maximum atomic E-state index is 13.0. The maximum Gasteiger partial charge on any atom is 0.241 e. The number of carbonyl (C=O) groups is 1. The van der Waals surface area contributed by atoms with Crippen LogP contribution in [0.15, 0.2) is 53.7 Å². The Morgan fingerprint density at radius 1 is 1.21 bits per heavy atom. The van der Waals surface area contributed by atoms with E-state index in [2.05, 4.69) is 27.3 Å². The normalized spacial score (nSPS) is 10.8. The SMILES string of the molecule is C=C(C)CNC(=NCc1ccn(-c2ccc(F)cc2)n1)NCC(=O)N(C)C.I. The molecule has 0 bridgehead atoms. The second-order valence-electron chi connectivity index (χ2n) is 6.35. The van der Waals surface area contributed by atoms with Crippen molar-refractivity contribution in [3.05, 3.63) is 60.2 Å². The average molecular weight is 500 g/mol. The van der Waals surface area contributed by atoms with Crippen molar-refractivity contribution in [2.24, 2.45) is 4.99 Å². The van der Waals surface area contributed by atoms with Crippen molar-refractivity contribution >= 4 is 35.8 Å². The molecule has 0 aliphatic rings. The lowest BCUT2D eigenvalue weighted by atomic mass is 10.3. The summed E-state index contributed by atoms with van der Waals surface area (Å²) in [6.07, 6.45) is 1.79. The first-order valence-electron chi connectivity index (χ1n) is 8.52. The summed E-state index contributed by atoms with van der Waals surface area (Å²) in [4.78, 5) is 17.7. The molecule has 0 radical (unpaired) electrons. The summed E-state index contributed by atoms with van der Waals surface area (Å²) in [5.74, 6) is 0.159. The van der Waals surface area contributed by atoms with Gasteiger partial charge < -0.3 is 15.5 Å². The van der Waals surface area contributed by atoms with Gasteiger partial charge in [-0.25, -0.2) is 14.1 Å². The minimum atomic E-state index is -0.290. The number of rotatable bonds is 7. The van der Waals surface area contributed by atoms with E-state index in [1.807, 2.05) is 13.0 Å². The van der Waals surface area contributed by atoms with Crippen LogP contribution in [0.4, 0.5) is 4.39 Å². The van der Waals surface area contributed by atoms with Crippen LogP contribution in [0.5, 0.6) is 0 Å². The van der Waals surface area contributed by atoms with Crippen LogP contribution in [-0.2, 0) is 11.3 Å². The largest absolute Gasteiger partial charge is 0.353 e. The molecule has 0 saturated heterocycles. The molecule has 1 aromatic carbocycles. The Morgan fingerprint density at radius 3 is 2.46 bits per heavy atom. The van der Waals surface area contributed by atoms with Crippen molar-refractivity contribution in [3.63, 3.8) is 0 Å². The second-order valence-corrected chi connectivity index (χ2v) is 6.35. The van der Waals surface area contributed by atoms with Gasteiger partial charge in [-0.15, -0.1) is 24.0 Å². The van der Waals surface area contributed by atoms with Crippen LogP contribution in [0.25, 0.3) is 5.69 Å². The monoisotopic (exact) mass is 500 g/mol. The van der Waals surface area contributed by atoms with Gasteiger partial charge in [-0.3, -0.25) is 4.79 Å². The highest BCUT2D eigenvalue weighted by molar-refractivity contribution is 14.0. The van der Waals surface area contributed by atoms with Crippen LogP contribution >= 0.6 is 24.0 Å². The predicted molar refractivity (Wildman–Crippen MR) is 120 cm³/mol. The van der Waals surface area contributed by atoms with Crippen molar-refractivity contribution < 1.29 is 9.18 Å². The molecule has 7 nitrogen and oxygen atoms in total. The van der Waals surface area contributed by atoms with Gasteiger partial charge in [0.15, 0.2) is 5.96 Å². The van der Waals surface area contributed by atoms with Crippen LogP contribution in [-0.4, -0.2) is 53.7 Å². The van der Waals surface area contributed by atoms with Gasteiger partial charge in [0.25, 0.3) is 0 Å². The van der Waals surface area contributed by atoms with E-state index in [1.54, 1.807) is 37.1 Å². The van der Waals surface area contributed by atoms with Crippen molar-refractivity contribution in [2.75, 3.05) is 27.2 Å². The lowest BCUT2D eigenvalue weighted by Gasteiger charge is -2.14. The zero-order chi connectivity index (χ0) is 19.8. The first-order valence-corrected chi connectivity index (χ1v) is 8.52. The minimum absolute atomic E-state index is 0. The first kappa shape index (κ1) is 23.6. The molecule has 1 aromatic heterocycles. The number of hydrogen-bond donors (Lipinski definition) is 2. The number of benzene rings is 1. The van der Waals surface area contributed by atoms with Gasteiger partial charge in [0.05, 0.1) is 24.5 Å². The number of nitrogens with one attached hydrogen (secondary N) is 2. The van der Waals surface area contributed by atoms with Gasteiger partial charge in [0.1, 0.15) is 5.82 Å². The highest BCUT2D eigenvalue weighted by Crippen LogP contribution is 2.09.